The van der Waals surface area contributed by atoms with Crippen molar-refractivity contribution in [2.45, 2.75) is 44.6 Å². The molecule has 2 aliphatic rings. The number of amides is 1. The minimum atomic E-state index is 0.0343. The first-order valence-corrected chi connectivity index (χ1v) is 9.40. The standard InChI is InChI=1S/C20H26N4O/c21-13-15-7-3-9-17(15)20(25)23-19-11-12-22-24(19)18-10-4-6-14-5-1-2-8-16(14)18/h1-2,5,8,11-12,15,17-18H,3-4,6-7,9-10,13,21H2,(H,23,25)/t15-,17-,18?/m1/s1. The lowest BCUT2D eigenvalue weighted by atomic mass is 9.88. The summed E-state index contributed by atoms with van der Waals surface area (Å²) in [6.45, 7) is 0.591. The number of rotatable bonds is 4. The number of aromatic nitrogens is 2. The van der Waals surface area contributed by atoms with Crippen molar-refractivity contribution in [1.82, 2.24) is 9.78 Å². The Balaban J connectivity index is 1.57. The van der Waals surface area contributed by atoms with Gasteiger partial charge in [-0.15, -0.1) is 0 Å². The quantitative estimate of drug-likeness (QED) is 0.899. The molecule has 4 rings (SSSR count). The first-order valence-electron chi connectivity index (χ1n) is 9.40. The van der Waals surface area contributed by atoms with Crippen molar-refractivity contribution < 1.29 is 4.79 Å². The van der Waals surface area contributed by atoms with E-state index in [2.05, 4.69) is 34.7 Å². The SMILES string of the molecule is NC[C@H]1CCC[C@H]1C(=O)Nc1ccnn1C1CCCc2ccccc21. The molecule has 25 heavy (non-hydrogen) atoms. The Morgan fingerprint density at radius 2 is 2.08 bits per heavy atom. The second-order valence-electron chi connectivity index (χ2n) is 7.29. The maximum Gasteiger partial charge on any atom is 0.228 e. The Hall–Kier alpha value is -2.14. The van der Waals surface area contributed by atoms with Crippen LogP contribution in [0.15, 0.2) is 36.5 Å². The van der Waals surface area contributed by atoms with Crippen LogP contribution in [0.2, 0.25) is 0 Å². The number of fused-ring (bicyclic) bond motifs is 1. The molecule has 0 radical (unpaired) electrons. The Kier molecular flexibility index (Phi) is 4.57. The Morgan fingerprint density at radius 1 is 1.20 bits per heavy atom. The van der Waals surface area contributed by atoms with Crippen molar-refractivity contribution in [3.05, 3.63) is 47.7 Å². The van der Waals surface area contributed by atoms with Gasteiger partial charge in [0.2, 0.25) is 5.91 Å². The molecule has 2 aromatic rings. The van der Waals surface area contributed by atoms with Crippen LogP contribution in [0.4, 0.5) is 5.82 Å². The van der Waals surface area contributed by atoms with Crippen molar-refractivity contribution in [2.24, 2.45) is 17.6 Å². The highest BCUT2D eigenvalue weighted by Crippen LogP contribution is 2.35. The molecule has 5 nitrogen and oxygen atoms in total. The second-order valence-corrected chi connectivity index (χ2v) is 7.29. The van der Waals surface area contributed by atoms with E-state index in [1.807, 2.05) is 10.7 Å². The fourth-order valence-electron chi connectivity index (χ4n) is 4.53. The van der Waals surface area contributed by atoms with Crippen molar-refractivity contribution in [3.8, 4) is 0 Å². The largest absolute Gasteiger partial charge is 0.330 e. The zero-order valence-corrected chi connectivity index (χ0v) is 14.5. The molecular formula is C20H26N4O. The zero-order chi connectivity index (χ0) is 17.2. The number of nitrogens with zero attached hydrogens (tertiary/aromatic N) is 2. The van der Waals surface area contributed by atoms with Gasteiger partial charge in [0, 0.05) is 12.0 Å². The first kappa shape index (κ1) is 16.3. The van der Waals surface area contributed by atoms with Crippen LogP contribution >= 0.6 is 0 Å². The number of carbonyl (C=O) groups excluding carboxylic acids is 1. The molecule has 1 saturated carbocycles. The lowest BCUT2D eigenvalue weighted by Crippen LogP contribution is -2.31. The van der Waals surface area contributed by atoms with E-state index < -0.39 is 0 Å². The Labute approximate surface area is 148 Å². The van der Waals surface area contributed by atoms with Crippen molar-refractivity contribution in [2.75, 3.05) is 11.9 Å². The third-order valence-corrected chi connectivity index (χ3v) is 5.85. The number of nitrogens with one attached hydrogen (secondary N) is 1. The van der Waals surface area contributed by atoms with Crippen molar-refractivity contribution >= 4 is 11.7 Å². The minimum Gasteiger partial charge on any atom is -0.330 e. The highest BCUT2D eigenvalue weighted by molar-refractivity contribution is 5.92. The summed E-state index contributed by atoms with van der Waals surface area (Å²) in [5, 5.41) is 7.67. The van der Waals surface area contributed by atoms with E-state index in [0.717, 1.165) is 44.3 Å². The van der Waals surface area contributed by atoms with E-state index in [4.69, 9.17) is 5.73 Å². The fraction of sp³-hybridized carbons (Fsp3) is 0.500. The number of carbonyl (C=O) groups is 1. The van der Waals surface area contributed by atoms with E-state index >= 15 is 0 Å². The van der Waals surface area contributed by atoms with Crippen LogP contribution in [-0.4, -0.2) is 22.2 Å². The van der Waals surface area contributed by atoms with E-state index in [9.17, 15) is 4.79 Å². The summed E-state index contributed by atoms with van der Waals surface area (Å²) in [6.07, 6.45) is 8.19. The number of anilines is 1. The molecule has 1 aromatic carbocycles. The number of nitrogens with two attached hydrogens (primary N) is 1. The lowest BCUT2D eigenvalue weighted by molar-refractivity contribution is -0.120. The summed E-state index contributed by atoms with van der Waals surface area (Å²) in [5.74, 6) is 1.24. The number of benzene rings is 1. The fourth-order valence-corrected chi connectivity index (χ4v) is 4.53. The van der Waals surface area contributed by atoms with Crippen LogP contribution in [-0.2, 0) is 11.2 Å². The molecule has 3 N–H and O–H groups in total. The average Bonchev–Trinajstić information content (AvgIpc) is 3.30. The van der Waals surface area contributed by atoms with Gasteiger partial charge in [0.25, 0.3) is 0 Å². The Bertz CT molecular complexity index is 754. The van der Waals surface area contributed by atoms with Gasteiger partial charge in [0.15, 0.2) is 0 Å². The van der Waals surface area contributed by atoms with Gasteiger partial charge in [-0.25, -0.2) is 4.68 Å². The molecule has 2 aliphatic carbocycles. The maximum absolute atomic E-state index is 12.8. The molecule has 1 amide bonds. The molecule has 1 unspecified atom stereocenters. The summed E-state index contributed by atoms with van der Waals surface area (Å²) < 4.78 is 1.99. The summed E-state index contributed by atoms with van der Waals surface area (Å²) in [5.41, 5.74) is 8.56. The van der Waals surface area contributed by atoms with Gasteiger partial charge < -0.3 is 11.1 Å². The van der Waals surface area contributed by atoms with Gasteiger partial charge in [-0.2, -0.15) is 5.10 Å². The average molecular weight is 338 g/mol. The molecule has 1 fully saturated rings. The Morgan fingerprint density at radius 3 is 2.96 bits per heavy atom. The van der Waals surface area contributed by atoms with Crippen LogP contribution < -0.4 is 11.1 Å². The number of hydrogen-bond donors (Lipinski definition) is 2. The van der Waals surface area contributed by atoms with Crippen LogP contribution in [0.1, 0.15) is 49.3 Å². The summed E-state index contributed by atoms with van der Waals surface area (Å²) in [4.78, 5) is 12.8. The molecule has 132 valence electrons. The van der Waals surface area contributed by atoms with Gasteiger partial charge in [0.1, 0.15) is 5.82 Å². The molecule has 1 aromatic heterocycles. The smallest absolute Gasteiger partial charge is 0.228 e. The third kappa shape index (κ3) is 3.09. The summed E-state index contributed by atoms with van der Waals surface area (Å²) in [6, 6.07) is 10.7. The molecular weight excluding hydrogens is 312 g/mol. The zero-order valence-electron chi connectivity index (χ0n) is 14.5. The highest BCUT2D eigenvalue weighted by atomic mass is 16.2. The van der Waals surface area contributed by atoms with Gasteiger partial charge in [-0.05, 0) is 55.7 Å². The van der Waals surface area contributed by atoms with E-state index in [-0.39, 0.29) is 17.9 Å². The second kappa shape index (κ2) is 7.00. The molecule has 5 heteroatoms. The van der Waals surface area contributed by atoms with E-state index in [1.165, 1.54) is 11.1 Å². The van der Waals surface area contributed by atoms with Crippen molar-refractivity contribution in [3.63, 3.8) is 0 Å². The maximum atomic E-state index is 12.8. The third-order valence-electron chi connectivity index (χ3n) is 5.85. The predicted molar refractivity (Wildman–Crippen MR) is 98.3 cm³/mol. The van der Waals surface area contributed by atoms with Gasteiger partial charge in [-0.1, -0.05) is 30.7 Å². The van der Waals surface area contributed by atoms with E-state index in [0.29, 0.717) is 12.5 Å². The van der Waals surface area contributed by atoms with Crippen LogP contribution in [0.25, 0.3) is 0 Å². The molecule has 3 atom stereocenters. The first-order chi connectivity index (χ1) is 12.3. The molecule has 1 heterocycles. The highest BCUT2D eigenvalue weighted by Gasteiger charge is 2.33. The lowest BCUT2D eigenvalue weighted by Gasteiger charge is -2.27. The van der Waals surface area contributed by atoms with Gasteiger partial charge in [-0.3, -0.25) is 4.79 Å². The molecule has 0 bridgehead atoms. The molecule has 0 spiro atoms. The number of hydrogen-bond acceptors (Lipinski definition) is 3. The van der Waals surface area contributed by atoms with Crippen LogP contribution in [0, 0.1) is 11.8 Å². The predicted octanol–water partition coefficient (Wildman–Crippen LogP) is 3.12. The monoisotopic (exact) mass is 338 g/mol. The van der Waals surface area contributed by atoms with Crippen molar-refractivity contribution in [1.29, 1.82) is 0 Å². The van der Waals surface area contributed by atoms with Crippen LogP contribution in [0.5, 0.6) is 0 Å². The normalized spacial score (nSPS) is 25.6. The minimum absolute atomic E-state index is 0.0343. The van der Waals surface area contributed by atoms with E-state index in [1.54, 1.807) is 6.20 Å². The molecule has 0 saturated heterocycles. The summed E-state index contributed by atoms with van der Waals surface area (Å²) in [7, 11) is 0. The van der Waals surface area contributed by atoms with Crippen LogP contribution in [0.3, 0.4) is 0 Å². The molecule has 0 aliphatic heterocycles. The summed E-state index contributed by atoms with van der Waals surface area (Å²) >= 11 is 0. The van der Waals surface area contributed by atoms with Gasteiger partial charge >= 0.3 is 0 Å². The number of aryl methyl sites for hydroxylation is 1. The topological polar surface area (TPSA) is 72.9 Å². The van der Waals surface area contributed by atoms with Gasteiger partial charge in [0.05, 0.1) is 12.2 Å².